The molecule has 0 saturated heterocycles. The summed E-state index contributed by atoms with van der Waals surface area (Å²) in [6.07, 6.45) is 5.20. The molecule has 0 radical (unpaired) electrons. The smallest absolute Gasteiger partial charge is 0.251 e. The lowest BCUT2D eigenvalue weighted by atomic mass is 10.1. The molecule has 1 aromatic carbocycles. The molecule has 0 saturated carbocycles. The molecule has 144 valence electrons. The van der Waals surface area contributed by atoms with E-state index in [9.17, 15) is 4.79 Å². The van der Waals surface area contributed by atoms with Crippen molar-refractivity contribution in [3.05, 3.63) is 72.2 Å². The molecule has 3 rings (SSSR count). The van der Waals surface area contributed by atoms with Crippen LogP contribution in [0.4, 0.5) is 0 Å². The Balaban J connectivity index is 1.69. The van der Waals surface area contributed by atoms with Gasteiger partial charge in [-0.05, 0) is 61.9 Å². The zero-order valence-corrected chi connectivity index (χ0v) is 16.0. The van der Waals surface area contributed by atoms with Gasteiger partial charge in [0.05, 0.1) is 18.9 Å². The van der Waals surface area contributed by atoms with Crippen LogP contribution in [-0.2, 0) is 6.54 Å². The summed E-state index contributed by atoms with van der Waals surface area (Å²) in [6.45, 7) is 5.24. The molecule has 3 aromatic rings. The summed E-state index contributed by atoms with van der Waals surface area (Å²) < 4.78 is 11.1. The first-order chi connectivity index (χ1) is 13.7. The van der Waals surface area contributed by atoms with Crippen molar-refractivity contribution in [3.63, 3.8) is 0 Å². The molecule has 0 bridgehead atoms. The number of benzene rings is 1. The van der Waals surface area contributed by atoms with Gasteiger partial charge >= 0.3 is 0 Å². The number of ether oxygens (including phenoxy) is 2. The summed E-state index contributed by atoms with van der Waals surface area (Å²) in [5.74, 6) is 1.03. The average Bonchev–Trinajstić information content (AvgIpc) is 2.74. The Labute approximate surface area is 164 Å². The van der Waals surface area contributed by atoms with Crippen molar-refractivity contribution in [2.45, 2.75) is 20.4 Å². The largest absolute Gasteiger partial charge is 0.490 e. The number of hydrogen-bond acceptors (Lipinski definition) is 5. The quantitative estimate of drug-likeness (QED) is 0.645. The van der Waals surface area contributed by atoms with Gasteiger partial charge in [-0.1, -0.05) is 0 Å². The fourth-order valence-electron chi connectivity index (χ4n) is 2.74. The predicted molar refractivity (Wildman–Crippen MR) is 107 cm³/mol. The number of nitrogens with one attached hydrogen (secondary N) is 1. The van der Waals surface area contributed by atoms with Crippen molar-refractivity contribution in [1.29, 1.82) is 0 Å². The highest BCUT2D eigenvalue weighted by Gasteiger charge is 2.11. The van der Waals surface area contributed by atoms with Crippen molar-refractivity contribution in [2.75, 3.05) is 13.2 Å². The molecule has 2 heterocycles. The summed E-state index contributed by atoms with van der Waals surface area (Å²) in [5.41, 5.74) is 3.31. The summed E-state index contributed by atoms with van der Waals surface area (Å²) in [5, 5.41) is 2.94. The highest BCUT2D eigenvalue weighted by atomic mass is 16.5. The SMILES string of the molecule is CCOc1ccc(C(=O)NCc2ccnc(-c3ccncc3)c2)cc1OCC. The number of pyridine rings is 2. The van der Waals surface area contributed by atoms with Gasteiger partial charge < -0.3 is 14.8 Å². The van der Waals surface area contributed by atoms with E-state index in [-0.39, 0.29) is 5.91 Å². The lowest BCUT2D eigenvalue weighted by Gasteiger charge is -2.12. The fraction of sp³-hybridized carbons (Fsp3) is 0.227. The monoisotopic (exact) mass is 377 g/mol. The molecule has 1 N–H and O–H groups in total. The van der Waals surface area contributed by atoms with Crippen LogP contribution >= 0.6 is 0 Å². The molecule has 0 aliphatic carbocycles. The third kappa shape index (κ3) is 4.85. The summed E-state index contributed by atoms with van der Waals surface area (Å²) in [6, 6.07) is 12.8. The lowest BCUT2D eigenvalue weighted by Crippen LogP contribution is -2.23. The molecule has 0 fully saturated rings. The van der Waals surface area contributed by atoms with Gasteiger partial charge in [-0.25, -0.2) is 0 Å². The van der Waals surface area contributed by atoms with Gasteiger partial charge in [-0.15, -0.1) is 0 Å². The minimum absolute atomic E-state index is 0.175. The topological polar surface area (TPSA) is 73.3 Å². The van der Waals surface area contributed by atoms with E-state index in [0.29, 0.717) is 36.8 Å². The Hall–Kier alpha value is -3.41. The third-order valence-corrected chi connectivity index (χ3v) is 4.06. The number of carbonyl (C=O) groups is 1. The van der Waals surface area contributed by atoms with E-state index < -0.39 is 0 Å². The van der Waals surface area contributed by atoms with E-state index in [4.69, 9.17) is 9.47 Å². The van der Waals surface area contributed by atoms with Gasteiger partial charge in [-0.2, -0.15) is 0 Å². The molecular weight excluding hydrogens is 354 g/mol. The molecule has 0 atom stereocenters. The van der Waals surface area contributed by atoms with Crippen molar-refractivity contribution in [2.24, 2.45) is 0 Å². The Morgan fingerprint density at radius 3 is 2.43 bits per heavy atom. The Bertz CT molecular complexity index is 929. The average molecular weight is 377 g/mol. The second-order valence-corrected chi connectivity index (χ2v) is 6.00. The first-order valence-corrected chi connectivity index (χ1v) is 9.24. The first-order valence-electron chi connectivity index (χ1n) is 9.24. The van der Waals surface area contributed by atoms with E-state index in [1.54, 1.807) is 36.8 Å². The minimum Gasteiger partial charge on any atom is -0.490 e. The highest BCUT2D eigenvalue weighted by Crippen LogP contribution is 2.28. The van der Waals surface area contributed by atoms with Gasteiger partial charge in [0.2, 0.25) is 0 Å². The summed E-state index contributed by atoms with van der Waals surface area (Å²) in [4.78, 5) is 21.0. The minimum atomic E-state index is -0.175. The highest BCUT2D eigenvalue weighted by molar-refractivity contribution is 5.94. The van der Waals surface area contributed by atoms with Crippen LogP contribution < -0.4 is 14.8 Å². The van der Waals surface area contributed by atoms with Crippen LogP contribution in [0.2, 0.25) is 0 Å². The number of rotatable bonds is 8. The van der Waals surface area contributed by atoms with Crippen LogP contribution in [0.3, 0.4) is 0 Å². The van der Waals surface area contributed by atoms with Crippen molar-refractivity contribution in [3.8, 4) is 22.8 Å². The van der Waals surface area contributed by atoms with E-state index in [1.165, 1.54) is 0 Å². The molecule has 6 nitrogen and oxygen atoms in total. The molecule has 1 amide bonds. The van der Waals surface area contributed by atoms with Gasteiger partial charge in [0.15, 0.2) is 11.5 Å². The van der Waals surface area contributed by atoms with Gasteiger partial charge in [-0.3, -0.25) is 14.8 Å². The third-order valence-electron chi connectivity index (χ3n) is 4.06. The maximum Gasteiger partial charge on any atom is 0.251 e. The van der Waals surface area contributed by atoms with Gasteiger partial charge in [0.1, 0.15) is 0 Å². The normalized spacial score (nSPS) is 10.4. The lowest BCUT2D eigenvalue weighted by molar-refractivity contribution is 0.0950. The molecule has 0 aliphatic heterocycles. The van der Waals surface area contributed by atoms with Crippen LogP contribution in [0.5, 0.6) is 11.5 Å². The number of hydrogen-bond donors (Lipinski definition) is 1. The number of aromatic nitrogens is 2. The van der Waals surface area contributed by atoms with Crippen LogP contribution in [0.25, 0.3) is 11.3 Å². The van der Waals surface area contributed by atoms with E-state index in [1.807, 2.05) is 38.1 Å². The molecule has 0 spiro atoms. The predicted octanol–water partition coefficient (Wildman–Crippen LogP) is 3.87. The Morgan fingerprint density at radius 1 is 0.929 bits per heavy atom. The van der Waals surface area contributed by atoms with E-state index >= 15 is 0 Å². The van der Waals surface area contributed by atoms with E-state index in [0.717, 1.165) is 16.8 Å². The van der Waals surface area contributed by atoms with Crippen molar-refractivity contribution in [1.82, 2.24) is 15.3 Å². The summed E-state index contributed by atoms with van der Waals surface area (Å²) in [7, 11) is 0. The van der Waals surface area contributed by atoms with Crippen molar-refractivity contribution < 1.29 is 14.3 Å². The maximum absolute atomic E-state index is 12.6. The molecule has 0 unspecified atom stereocenters. The molecule has 2 aromatic heterocycles. The summed E-state index contributed by atoms with van der Waals surface area (Å²) >= 11 is 0. The van der Waals surface area contributed by atoms with Crippen LogP contribution in [-0.4, -0.2) is 29.1 Å². The van der Waals surface area contributed by atoms with Crippen LogP contribution in [0.1, 0.15) is 29.8 Å². The van der Waals surface area contributed by atoms with Crippen molar-refractivity contribution >= 4 is 5.91 Å². The molecule has 6 heteroatoms. The number of nitrogens with zero attached hydrogens (tertiary/aromatic N) is 2. The number of amides is 1. The van der Waals surface area contributed by atoms with E-state index in [2.05, 4.69) is 15.3 Å². The van der Waals surface area contributed by atoms with Gasteiger partial charge in [0.25, 0.3) is 5.91 Å². The Morgan fingerprint density at radius 2 is 1.68 bits per heavy atom. The zero-order chi connectivity index (χ0) is 19.8. The molecule has 0 aliphatic rings. The second kappa shape index (κ2) is 9.50. The second-order valence-electron chi connectivity index (χ2n) is 6.00. The van der Waals surface area contributed by atoms with Gasteiger partial charge in [0, 0.05) is 36.3 Å². The maximum atomic E-state index is 12.6. The zero-order valence-electron chi connectivity index (χ0n) is 16.0. The Kier molecular flexibility index (Phi) is 6.57. The fourth-order valence-corrected chi connectivity index (χ4v) is 2.74. The molecular formula is C22H23N3O3. The van der Waals surface area contributed by atoms with Crippen LogP contribution in [0.15, 0.2) is 61.1 Å². The van der Waals surface area contributed by atoms with Crippen LogP contribution in [0, 0.1) is 0 Å². The molecule has 28 heavy (non-hydrogen) atoms. The first kappa shape index (κ1) is 19.4. The number of carbonyl (C=O) groups excluding carboxylic acids is 1. The standard InChI is InChI=1S/C22H23N3O3/c1-3-27-20-6-5-18(14-21(20)28-4-2)22(26)25-15-16-7-12-24-19(13-16)17-8-10-23-11-9-17/h5-14H,3-4,15H2,1-2H3,(H,25,26).